The van der Waals surface area contributed by atoms with Crippen LogP contribution >= 0.6 is 11.6 Å². The van der Waals surface area contributed by atoms with Crippen LogP contribution in [-0.2, 0) is 14.3 Å². The Morgan fingerprint density at radius 1 is 1.32 bits per heavy atom. The Hall–Kier alpha value is -2.94. The van der Waals surface area contributed by atoms with Crippen molar-refractivity contribution in [3.8, 4) is 0 Å². The Balaban J connectivity index is 2.88. The van der Waals surface area contributed by atoms with Crippen LogP contribution in [0.2, 0.25) is 5.02 Å². The largest absolute Gasteiger partial charge is 0.451 e. The Kier molecular flexibility index (Phi) is 8.59. The summed E-state index contributed by atoms with van der Waals surface area (Å²) in [6, 6.07) is 2.33. The topological polar surface area (TPSA) is 128 Å². The van der Waals surface area contributed by atoms with Gasteiger partial charge in [-0.15, -0.1) is 6.58 Å². The predicted octanol–water partition coefficient (Wildman–Crippen LogP) is 2.24. The van der Waals surface area contributed by atoms with Gasteiger partial charge in [0.25, 0.3) is 17.5 Å². The molecule has 10 heteroatoms. The molecule has 0 aliphatic carbocycles. The summed E-state index contributed by atoms with van der Waals surface area (Å²) in [7, 11) is 0. The van der Waals surface area contributed by atoms with E-state index in [2.05, 4.69) is 17.2 Å². The number of rotatable bonds is 9. The first-order valence-electron chi connectivity index (χ1n) is 8.42. The summed E-state index contributed by atoms with van der Waals surface area (Å²) in [4.78, 5) is 46.8. The van der Waals surface area contributed by atoms with Crippen molar-refractivity contribution in [2.75, 3.05) is 6.54 Å². The highest BCUT2D eigenvalue weighted by atomic mass is 35.5. The third kappa shape index (κ3) is 6.34. The standard InChI is InChI=1S/C18H22ClN3O6/c1-5-8-20-16(23)11(4)28-18(25)15(10(2)3)21-17(24)13-7-6-12(22(26)27)9-14(13)19/h5-7,9-11,15H,1,8H2,2-4H3,(H,20,23)(H,21,24). The summed E-state index contributed by atoms with van der Waals surface area (Å²) in [6.45, 7) is 8.47. The molecule has 2 N–H and O–H groups in total. The van der Waals surface area contributed by atoms with E-state index in [1.54, 1.807) is 13.8 Å². The zero-order chi connectivity index (χ0) is 21.4. The monoisotopic (exact) mass is 411 g/mol. The summed E-state index contributed by atoms with van der Waals surface area (Å²) in [5, 5.41) is 15.6. The van der Waals surface area contributed by atoms with Gasteiger partial charge in [-0.1, -0.05) is 31.5 Å². The van der Waals surface area contributed by atoms with Crippen LogP contribution < -0.4 is 10.6 Å². The molecule has 0 aliphatic heterocycles. The number of benzene rings is 1. The Labute approximate surface area is 167 Å². The molecule has 0 saturated carbocycles. The fourth-order valence-corrected chi connectivity index (χ4v) is 2.40. The van der Waals surface area contributed by atoms with Gasteiger partial charge in [-0.3, -0.25) is 19.7 Å². The van der Waals surface area contributed by atoms with Crippen LogP contribution in [0.5, 0.6) is 0 Å². The van der Waals surface area contributed by atoms with Crippen molar-refractivity contribution in [2.45, 2.75) is 32.9 Å². The second-order valence-electron chi connectivity index (χ2n) is 6.23. The number of nitro benzene ring substituents is 1. The Morgan fingerprint density at radius 3 is 2.46 bits per heavy atom. The van der Waals surface area contributed by atoms with Crippen LogP contribution in [0.4, 0.5) is 5.69 Å². The zero-order valence-electron chi connectivity index (χ0n) is 15.7. The minimum absolute atomic E-state index is 0.0255. The van der Waals surface area contributed by atoms with Crippen LogP contribution in [-0.4, -0.2) is 41.4 Å². The van der Waals surface area contributed by atoms with Crippen molar-refractivity contribution in [3.05, 3.63) is 51.6 Å². The summed E-state index contributed by atoms with van der Waals surface area (Å²) in [6.07, 6.45) is 0.422. The second-order valence-corrected chi connectivity index (χ2v) is 6.64. The van der Waals surface area contributed by atoms with Gasteiger partial charge in [-0.2, -0.15) is 0 Å². The van der Waals surface area contributed by atoms with Gasteiger partial charge < -0.3 is 15.4 Å². The number of hydrogen-bond donors (Lipinski definition) is 2. The molecule has 2 amide bonds. The summed E-state index contributed by atoms with van der Waals surface area (Å²) in [5.74, 6) is -2.33. The van der Waals surface area contributed by atoms with Gasteiger partial charge in [0, 0.05) is 18.7 Å². The molecular weight excluding hydrogens is 390 g/mol. The van der Waals surface area contributed by atoms with Crippen molar-refractivity contribution < 1.29 is 24.0 Å². The first-order chi connectivity index (χ1) is 13.1. The van der Waals surface area contributed by atoms with E-state index < -0.39 is 34.9 Å². The van der Waals surface area contributed by atoms with Gasteiger partial charge in [0.1, 0.15) is 6.04 Å². The maximum absolute atomic E-state index is 12.5. The first-order valence-corrected chi connectivity index (χ1v) is 8.80. The predicted molar refractivity (Wildman–Crippen MR) is 103 cm³/mol. The molecule has 0 aliphatic rings. The quantitative estimate of drug-likeness (QED) is 0.277. The molecule has 0 heterocycles. The van der Waals surface area contributed by atoms with E-state index in [4.69, 9.17) is 16.3 Å². The fraction of sp³-hybridized carbons (Fsp3) is 0.389. The molecule has 28 heavy (non-hydrogen) atoms. The highest BCUT2D eigenvalue weighted by Crippen LogP contribution is 2.22. The Morgan fingerprint density at radius 2 is 1.96 bits per heavy atom. The number of nitrogens with zero attached hydrogens (tertiary/aromatic N) is 1. The minimum Gasteiger partial charge on any atom is -0.451 e. The van der Waals surface area contributed by atoms with E-state index in [1.165, 1.54) is 19.1 Å². The fourth-order valence-electron chi connectivity index (χ4n) is 2.14. The number of carbonyl (C=O) groups excluding carboxylic acids is 3. The van der Waals surface area contributed by atoms with Crippen molar-refractivity contribution in [3.63, 3.8) is 0 Å². The molecule has 0 bridgehead atoms. The first kappa shape index (κ1) is 23.1. The second kappa shape index (κ2) is 10.4. The van der Waals surface area contributed by atoms with Gasteiger partial charge >= 0.3 is 5.97 Å². The molecule has 0 fully saturated rings. The molecule has 0 aromatic heterocycles. The number of ether oxygens (including phenoxy) is 1. The SMILES string of the molecule is C=CCNC(=O)C(C)OC(=O)C(NC(=O)c1ccc([N+](=O)[O-])cc1Cl)C(C)C. The average Bonchev–Trinajstić information content (AvgIpc) is 2.63. The van der Waals surface area contributed by atoms with Crippen LogP contribution in [0.15, 0.2) is 30.9 Å². The van der Waals surface area contributed by atoms with E-state index in [9.17, 15) is 24.5 Å². The lowest BCUT2D eigenvalue weighted by atomic mass is 10.0. The maximum atomic E-state index is 12.5. The third-order valence-electron chi connectivity index (χ3n) is 3.70. The number of hydrogen-bond acceptors (Lipinski definition) is 6. The highest BCUT2D eigenvalue weighted by molar-refractivity contribution is 6.34. The Bertz CT molecular complexity index is 781. The van der Waals surface area contributed by atoms with Gasteiger partial charge in [-0.25, -0.2) is 4.79 Å². The van der Waals surface area contributed by atoms with Crippen molar-refractivity contribution >= 4 is 35.1 Å². The molecule has 1 rings (SSSR count). The number of esters is 1. The van der Waals surface area contributed by atoms with Crippen LogP contribution in [0, 0.1) is 16.0 Å². The van der Waals surface area contributed by atoms with E-state index in [-0.39, 0.29) is 28.7 Å². The smallest absolute Gasteiger partial charge is 0.329 e. The van der Waals surface area contributed by atoms with Crippen LogP contribution in [0.3, 0.4) is 0 Å². The van der Waals surface area contributed by atoms with E-state index in [0.29, 0.717) is 0 Å². The van der Waals surface area contributed by atoms with Crippen molar-refractivity contribution in [2.24, 2.45) is 5.92 Å². The number of nitrogens with one attached hydrogen (secondary N) is 2. The molecule has 2 atom stereocenters. The molecular formula is C18H22ClN3O6. The van der Waals surface area contributed by atoms with Gasteiger partial charge in [0.2, 0.25) is 0 Å². The summed E-state index contributed by atoms with van der Waals surface area (Å²) in [5.41, 5.74) is -0.289. The van der Waals surface area contributed by atoms with E-state index in [0.717, 1.165) is 12.1 Å². The number of amides is 2. The maximum Gasteiger partial charge on any atom is 0.329 e. The lowest BCUT2D eigenvalue weighted by molar-refractivity contribution is -0.384. The van der Waals surface area contributed by atoms with Gasteiger partial charge in [0.15, 0.2) is 6.10 Å². The molecule has 0 saturated heterocycles. The normalized spacial score (nSPS) is 12.6. The summed E-state index contributed by atoms with van der Waals surface area (Å²) < 4.78 is 5.13. The highest BCUT2D eigenvalue weighted by Gasteiger charge is 2.29. The molecule has 0 spiro atoms. The van der Waals surface area contributed by atoms with E-state index >= 15 is 0 Å². The minimum atomic E-state index is -1.06. The molecule has 152 valence electrons. The van der Waals surface area contributed by atoms with Crippen molar-refractivity contribution in [1.82, 2.24) is 10.6 Å². The molecule has 1 aromatic rings. The number of non-ortho nitro benzene ring substituents is 1. The average molecular weight is 412 g/mol. The number of carbonyl (C=O) groups is 3. The van der Waals surface area contributed by atoms with Crippen LogP contribution in [0.1, 0.15) is 31.1 Å². The molecule has 9 nitrogen and oxygen atoms in total. The molecule has 0 radical (unpaired) electrons. The molecule has 1 aromatic carbocycles. The van der Waals surface area contributed by atoms with Crippen LogP contribution in [0.25, 0.3) is 0 Å². The lowest BCUT2D eigenvalue weighted by Crippen LogP contribution is -2.47. The van der Waals surface area contributed by atoms with E-state index in [1.807, 2.05) is 0 Å². The molecule has 2 unspecified atom stereocenters. The van der Waals surface area contributed by atoms with Gasteiger partial charge in [0.05, 0.1) is 15.5 Å². The third-order valence-corrected chi connectivity index (χ3v) is 4.01. The van der Waals surface area contributed by atoms with Crippen molar-refractivity contribution in [1.29, 1.82) is 0 Å². The zero-order valence-corrected chi connectivity index (χ0v) is 16.5. The number of halogens is 1. The lowest BCUT2D eigenvalue weighted by Gasteiger charge is -2.23. The summed E-state index contributed by atoms with van der Waals surface area (Å²) >= 11 is 5.94. The number of nitro groups is 1. The van der Waals surface area contributed by atoms with Gasteiger partial charge in [-0.05, 0) is 18.9 Å².